The van der Waals surface area contributed by atoms with Crippen molar-refractivity contribution in [2.45, 2.75) is 135 Å². The molecule has 23 heteroatoms. The molecule has 6 fully saturated rings. The number of fused-ring (bicyclic) bond motifs is 2. The van der Waals surface area contributed by atoms with Crippen LogP contribution in [0.15, 0.2) is 108 Å². The summed E-state index contributed by atoms with van der Waals surface area (Å²) in [5.74, 6) is 0.685. The molecule has 4 aliphatic carbocycles. The molecule has 0 radical (unpaired) electrons. The molecule has 85 heavy (non-hydrogen) atoms. The van der Waals surface area contributed by atoms with Crippen LogP contribution < -0.4 is 20.9 Å². The van der Waals surface area contributed by atoms with Gasteiger partial charge in [-0.2, -0.15) is 10.2 Å². The van der Waals surface area contributed by atoms with Gasteiger partial charge in [-0.1, -0.05) is 81.4 Å². The molecule has 4 amide bonds. The van der Waals surface area contributed by atoms with Gasteiger partial charge in [0.2, 0.25) is 28.3 Å². The SMILES string of the molecule is CC[C@]12CCC(CC1=O)C2(C)C.O=C(C1CCNCC1)N1N=CC[C@H]1c1ccccc1.O=C(NC1CC1)c1ccnc(Cl)n1.O=C(NC1CC1)c1ccnc(N2CCC(C(=O)N3N=CC[C@H]3c3ccccc3)CC2)n1.O=C(O)c1ccnc(Cl)n1. The van der Waals surface area contributed by atoms with Crippen molar-refractivity contribution in [3.05, 3.63) is 136 Å². The van der Waals surface area contributed by atoms with E-state index in [-0.39, 0.29) is 69.2 Å². The van der Waals surface area contributed by atoms with Gasteiger partial charge in [-0.15, -0.1) is 0 Å². The van der Waals surface area contributed by atoms with E-state index in [2.05, 4.69) is 93.9 Å². The molecule has 2 saturated heterocycles. The number of amides is 4. The predicted molar refractivity (Wildman–Crippen MR) is 322 cm³/mol. The Morgan fingerprint density at radius 2 is 1.09 bits per heavy atom. The van der Waals surface area contributed by atoms with Crippen molar-refractivity contribution in [3.8, 4) is 0 Å². The standard InChI is InChI=1S/C23H26N6O2.C15H19N3O.C11H18O.C8H8ClN3O.C5H3ClN2O2/c30-21(26-18-6-7-18)19-8-12-24-23(27-19)28-14-10-17(11-15-28)22(31)29-20(9-13-25-29)16-4-2-1-3-5-16;19-15(13-6-9-16-10-7-13)18-14(8-11-17-18)12-4-2-1-3-5-12;1-4-11-6-5-8(7-9(11)12)10(11,2)3;9-8-10-4-3-6(12-8)7(13)11-5-1-2-5;6-5-7-2-1-3(8-5)4(9)10/h1-5,8,12-13,17-18,20H,6-7,9-11,14-15H2,(H,26,30);1-5,11,13-14,16H,6-10H2;8H,4-7H2,1-3H3;3-5H,1-2H2,(H,11,13);1-2H,(H,9,10)/t20-;14-;8?,11-;;/m000../s1. The molecule has 0 spiro atoms. The van der Waals surface area contributed by atoms with Crippen LogP contribution in [-0.4, -0.2) is 131 Å². The summed E-state index contributed by atoms with van der Waals surface area (Å²) in [6, 6.07) is 25.4. The molecule has 4 saturated carbocycles. The number of hydrogen-bond acceptors (Lipinski definition) is 16. The van der Waals surface area contributed by atoms with Gasteiger partial charge in [-0.3, -0.25) is 24.0 Å². The Hall–Kier alpha value is -7.62. The molecule has 4 N–H and O–H groups in total. The molecular weight excluding hydrogens is 1120 g/mol. The van der Waals surface area contributed by atoms with Crippen LogP contribution in [0, 0.1) is 28.6 Å². The molecule has 2 bridgehead atoms. The minimum absolute atomic E-state index is 0.0169. The molecule has 7 heterocycles. The number of piperidine rings is 2. The van der Waals surface area contributed by atoms with Crippen molar-refractivity contribution in [2.24, 2.45) is 38.8 Å². The highest BCUT2D eigenvalue weighted by Gasteiger charge is 2.62. The van der Waals surface area contributed by atoms with Gasteiger partial charge in [-0.25, -0.2) is 44.7 Å². The first kappa shape index (κ1) is 61.9. The third-order valence-electron chi connectivity index (χ3n) is 17.4. The predicted octanol–water partition coefficient (Wildman–Crippen LogP) is 9.13. The average Bonchev–Trinajstić information content (AvgIpc) is 1.89. The normalized spacial score (nSPS) is 22.8. The Bertz CT molecular complexity index is 3210. The van der Waals surface area contributed by atoms with Gasteiger partial charge < -0.3 is 26.0 Å². The van der Waals surface area contributed by atoms with E-state index in [4.69, 9.17) is 28.3 Å². The number of carboxylic acid groups (broad SMARTS) is 1. The van der Waals surface area contributed by atoms with Gasteiger partial charge >= 0.3 is 5.97 Å². The number of ketones is 1. The van der Waals surface area contributed by atoms with Crippen LogP contribution in [0.1, 0.15) is 165 Å². The maximum absolute atomic E-state index is 13.2. The number of nitrogens with one attached hydrogen (secondary N) is 3. The second-order valence-corrected chi connectivity index (χ2v) is 23.7. The molecule has 5 aromatic rings. The van der Waals surface area contributed by atoms with Crippen LogP contribution >= 0.6 is 23.2 Å². The van der Waals surface area contributed by atoms with Crippen molar-refractivity contribution in [1.82, 2.24) is 55.9 Å². The lowest BCUT2D eigenvalue weighted by Crippen LogP contribution is -2.41. The second kappa shape index (κ2) is 28.5. The van der Waals surface area contributed by atoms with Crippen LogP contribution in [0.5, 0.6) is 0 Å². The summed E-state index contributed by atoms with van der Waals surface area (Å²) in [6.45, 7) is 9.98. The minimum atomic E-state index is -1.11. The molecular formula is C62H74Cl2N14O7. The number of Topliss-reactive ketones (excluding diaryl/α,β-unsaturated/α-hetero) is 1. The van der Waals surface area contributed by atoms with Crippen molar-refractivity contribution in [2.75, 3.05) is 31.1 Å². The summed E-state index contributed by atoms with van der Waals surface area (Å²) >= 11 is 10.8. The zero-order valence-electron chi connectivity index (χ0n) is 48.2. The number of hydrogen-bond donors (Lipinski definition) is 4. The van der Waals surface area contributed by atoms with Crippen LogP contribution in [0.3, 0.4) is 0 Å². The molecule has 21 nitrogen and oxygen atoms in total. The van der Waals surface area contributed by atoms with E-state index >= 15 is 0 Å². The first-order valence-electron chi connectivity index (χ1n) is 29.5. The number of aromatic nitrogens is 6. The van der Waals surface area contributed by atoms with Crippen molar-refractivity contribution in [3.63, 3.8) is 0 Å². The summed E-state index contributed by atoms with van der Waals surface area (Å²) in [5, 5.41) is 29.5. The zero-order valence-corrected chi connectivity index (χ0v) is 49.7. The fourth-order valence-electron chi connectivity index (χ4n) is 12.0. The lowest BCUT2D eigenvalue weighted by molar-refractivity contribution is -0.138. The van der Waals surface area contributed by atoms with Gasteiger partial charge in [0.25, 0.3) is 11.8 Å². The average molecular weight is 1200 g/mol. The van der Waals surface area contributed by atoms with Gasteiger partial charge in [0, 0.05) is 92.7 Å². The van der Waals surface area contributed by atoms with E-state index in [9.17, 15) is 28.8 Å². The Morgan fingerprint density at radius 3 is 1.52 bits per heavy atom. The lowest BCUT2D eigenvalue weighted by Gasteiger charge is -2.35. The van der Waals surface area contributed by atoms with Crippen LogP contribution in [-0.2, 0) is 14.4 Å². The molecule has 448 valence electrons. The summed E-state index contributed by atoms with van der Waals surface area (Å²) in [6.07, 6.45) is 21.5. The number of rotatable bonds is 11. The second-order valence-electron chi connectivity index (χ2n) is 23.1. The van der Waals surface area contributed by atoms with E-state index < -0.39 is 5.97 Å². The van der Waals surface area contributed by atoms with Crippen molar-refractivity contribution < 1.29 is 33.9 Å². The number of anilines is 1. The van der Waals surface area contributed by atoms with Crippen molar-refractivity contribution in [1.29, 1.82) is 0 Å². The fourth-order valence-corrected chi connectivity index (χ4v) is 12.3. The van der Waals surface area contributed by atoms with Crippen LogP contribution in [0.4, 0.5) is 5.95 Å². The summed E-state index contributed by atoms with van der Waals surface area (Å²) < 4.78 is 0. The summed E-state index contributed by atoms with van der Waals surface area (Å²) in [7, 11) is 0. The third-order valence-corrected chi connectivity index (χ3v) is 17.8. The fraction of sp³-hybridized carbons (Fsp3) is 0.484. The first-order chi connectivity index (χ1) is 41.0. The molecule has 1 unspecified atom stereocenters. The lowest BCUT2D eigenvalue weighted by atomic mass is 9.67. The Labute approximate surface area is 505 Å². The number of carbonyl (C=O) groups excluding carboxylic acids is 5. The molecule has 3 aromatic heterocycles. The van der Waals surface area contributed by atoms with E-state index in [1.165, 1.54) is 30.4 Å². The number of benzene rings is 2. The van der Waals surface area contributed by atoms with Gasteiger partial charge in [0.05, 0.1) is 12.1 Å². The Balaban J connectivity index is 0.000000137. The van der Waals surface area contributed by atoms with E-state index in [1.54, 1.807) is 28.3 Å². The number of nitrogens with zero attached hydrogens (tertiary/aromatic N) is 11. The highest BCUT2D eigenvalue weighted by atomic mass is 35.5. The quantitative estimate of drug-likeness (QED) is 0.0898. The van der Waals surface area contributed by atoms with Gasteiger partial charge in [0.15, 0.2) is 5.69 Å². The minimum Gasteiger partial charge on any atom is -0.477 e. The van der Waals surface area contributed by atoms with Crippen LogP contribution in [0.25, 0.3) is 0 Å². The number of hydrazone groups is 2. The summed E-state index contributed by atoms with van der Waals surface area (Å²) in [5.41, 5.74) is 3.26. The maximum Gasteiger partial charge on any atom is 0.354 e. The monoisotopic (exact) mass is 1200 g/mol. The molecule has 4 atom stereocenters. The largest absolute Gasteiger partial charge is 0.477 e. The summed E-state index contributed by atoms with van der Waals surface area (Å²) in [4.78, 5) is 96.7. The molecule has 4 aliphatic heterocycles. The van der Waals surface area contributed by atoms with Crippen LogP contribution in [0.2, 0.25) is 10.6 Å². The maximum atomic E-state index is 13.2. The van der Waals surface area contributed by atoms with E-state index in [0.717, 1.165) is 89.3 Å². The molecule has 2 aromatic carbocycles. The van der Waals surface area contributed by atoms with E-state index in [0.29, 0.717) is 72.5 Å². The Morgan fingerprint density at radius 1 is 0.624 bits per heavy atom. The third kappa shape index (κ3) is 15.6. The highest BCUT2D eigenvalue weighted by molar-refractivity contribution is 6.28. The Kier molecular flexibility index (Phi) is 20.8. The van der Waals surface area contributed by atoms with E-state index in [1.807, 2.05) is 61.0 Å². The van der Waals surface area contributed by atoms with Crippen molar-refractivity contribution >= 4 is 77.0 Å². The molecule has 13 rings (SSSR count). The topological polar surface area (TPSA) is 271 Å². The van der Waals surface area contributed by atoms with Gasteiger partial charge in [-0.05, 0) is 148 Å². The number of carboxylic acids is 1. The number of aromatic carboxylic acids is 1. The number of carbonyl (C=O) groups is 6. The highest BCUT2D eigenvalue weighted by Crippen LogP contribution is 2.65. The molecule has 8 aliphatic rings. The number of halogens is 2. The van der Waals surface area contributed by atoms with Gasteiger partial charge in [0.1, 0.15) is 17.2 Å². The zero-order chi connectivity index (χ0) is 60.1. The smallest absolute Gasteiger partial charge is 0.354 e. The first-order valence-corrected chi connectivity index (χ1v) is 30.3.